The zero-order valence-corrected chi connectivity index (χ0v) is 32.3. The van der Waals surface area contributed by atoms with Crippen LogP contribution in [0, 0.1) is 0 Å². The Bertz CT molecular complexity index is 1740. The van der Waals surface area contributed by atoms with Crippen LogP contribution >= 0.6 is 0 Å². The van der Waals surface area contributed by atoms with Crippen molar-refractivity contribution in [1.29, 1.82) is 0 Å². The number of hydrazone groups is 3. The third kappa shape index (κ3) is 17.9. The SMILES string of the molecule is CS(C)=O.CS(C)=O.CS(C)=O.O=C(N/N=C/c1c(O)c(/C=N/NC(=O)c2ccncc2)c(O)c(/C=N/NC(=O)c2ccncc2)c1O)c1ccncc1. The van der Waals surface area contributed by atoms with Crippen LogP contribution in [0.3, 0.4) is 0 Å². The molecular weight excluding hydrogens is 763 g/mol. The van der Waals surface area contributed by atoms with Gasteiger partial charge in [0.1, 0.15) is 17.2 Å². The van der Waals surface area contributed by atoms with Crippen LogP contribution in [0.15, 0.2) is 88.9 Å². The highest BCUT2D eigenvalue weighted by molar-refractivity contribution is 7.83. The molecule has 0 aliphatic rings. The summed E-state index contributed by atoms with van der Waals surface area (Å²) in [6, 6.07) is 8.69. The lowest BCUT2D eigenvalue weighted by atomic mass is 10.0. The van der Waals surface area contributed by atoms with E-state index < -0.39 is 67.4 Å². The molecule has 4 aromatic rings. The Morgan fingerprint density at radius 3 is 0.852 bits per heavy atom. The molecule has 6 N–H and O–H groups in total. The molecule has 3 amide bonds. The zero-order chi connectivity index (χ0) is 40.6. The van der Waals surface area contributed by atoms with E-state index in [2.05, 4.69) is 46.5 Å². The van der Waals surface area contributed by atoms with Gasteiger partial charge in [0.2, 0.25) is 0 Å². The smallest absolute Gasteiger partial charge is 0.271 e. The highest BCUT2D eigenvalue weighted by Gasteiger charge is 2.21. The van der Waals surface area contributed by atoms with Gasteiger partial charge in [-0.3, -0.25) is 42.0 Å². The number of nitrogens with zero attached hydrogens (tertiary/aromatic N) is 6. The predicted octanol–water partition coefficient (Wildman–Crippen LogP) is 1.26. The summed E-state index contributed by atoms with van der Waals surface area (Å²) in [5, 5.41) is 43.8. The van der Waals surface area contributed by atoms with Crippen molar-refractivity contribution in [3.05, 3.63) is 107 Å². The van der Waals surface area contributed by atoms with E-state index in [1.54, 1.807) is 37.5 Å². The Labute approximate surface area is 318 Å². The minimum atomic E-state index is -0.702. The number of aromatic hydroxyl groups is 3. The van der Waals surface area contributed by atoms with Crippen LogP contribution < -0.4 is 16.3 Å². The fourth-order valence-electron chi connectivity index (χ4n) is 3.31. The minimum absolute atomic E-state index is 0.247. The molecule has 18 nitrogen and oxygen atoms in total. The first kappa shape index (κ1) is 46.0. The first-order valence-corrected chi connectivity index (χ1v) is 20.7. The molecule has 3 heterocycles. The molecule has 21 heteroatoms. The lowest BCUT2D eigenvalue weighted by Gasteiger charge is -2.12. The molecule has 0 fully saturated rings. The van der Waals surface area contributed by atoms with Gasteiger partial charge in [0, 0.05) is 124 Å². The van der Waals surface area contributed by atoms with Crippen molar-refractivity contribution < 1.29 is 42.3 Å². The molecule has 0 unspecified atom stereocenters. The van der Waals surface area contributed by atoms with Gasteiger partial charge in [0.05, 0.1) is 35.3 Å². The van der Waals surface area contributed by atoms with Gasteiger partial charge in [0.25, 0.3) is 17.7 Å². The van der Waals surface area contributed by atoms with Gasteiger partial charge in [-0.1, -0.05) is 0 Å². The molecule has 1 aromatic carbocycles. The van der Waals surface area contributed by atoms with Crippen molar-refractivity contribution in [2.75, 3.05) is 37.5 Å². The van der Waals surface area contributed by atoms with Crippen molar-refractivity contribution in [3.63, 3.8) is 0 Å². The number of aromatic nitrogens is 3. The third-order valence-corrected chi connectivity index (χ3v) is 5.44. The Morgan fingerprint density at radius 2 is 0.667 bits per heavy atom. The average molecular weight is 802 g/mol. The maximum Gasteiger partial charge on any atom is 0.271 e. The predicted molar refractivity (Wildman–Crippen MR) is 209 cm³/mol. The Balaban J connectivity index is 0.00000106. The van der Waals surface area contributed by atoms with E-state index >= 15 is 0 Å². The molecule has 288 valence electrons. The van der Waals surface area contributed by atoms with Gasteiger partial charge in [-0.05, 0) is 36.4 Å². The zero-order valence-electron chi connectivity index (χ0n) is 29.9. The largest absolute Gasteiger partial charge is 0.506 e. The molecule has 0 radical (unpaired) electrons. The molecule has 0 saturated heterocycles. The van der Waals surface area contributed by atoms with Gasteiger partial charge >= 0.3 is 0 Å². The van der Waals surface area contributed by atoms with E-state index in [9.17, 15) is 42.3 Å². The van der Waals surface area contributed by atoms with Crippen LogP contribution in [-0.2, 0) is 32.4 Å². The summed E-state index contributed by atoms with van der Waals surface area (Å²) in [6.07, 6.45) is 21.1. The normalized spacial score (nSPS) is 10.6. The van der Waals surface area contributed by atoms with Crippen LogP contribution in [-0.4, -0.2) is 117 Å². The second-order valence-electron chi connectivity index (χ2n) is 10.3. The van der Waals surface area contributed by atoms with E-state index in [1.165, 1.54) is 73.6 Å². The number of nitrogens with one attached hydrogen (secondary N) is 3. The minimum Gasteiger partial charge on any atom is -0.506 e. The van der Waals surface area contributed by atoms with Crippen LogP contribution in [0.1, 0.15) is 47.8 Å². The number of hydrogen-bond acceptors (Lipinski definition) is 15. The van der Waals surface area contributed by atoms with Gasteiger partial charge in [-0.2, -0.15) is 15.3 Å². The van der Waals surface area contributed by atoms with Gasteiger partial charge in [0.15, 0.2) is 0 Å². The van der Waals surface area contributed by atoms with E-state index in [0.29, 0.717) is 0 Å². The molecule has 0 aliphatic carbocycles. The molecule has 0 bridgehead atoms. The number of hydrogen-bond donors (Lipinski definition) is 6. The summed E-state index contributed by atoms with van der Waals surface area (Å²) in [5.41, 5.74) is 6.38. The fraction of sp³-hybridized carbons (Fsp3) is 0.182. The highest BCUT2D eigenvalue weighted by atomic mass is 32.2. The van der Waals surface area contributed by atoms with Gasteiger partial charge < -0.3 is 15.3 Å². The van der Waals surface area contributed by atoms with E-state index in [4.69, 9.17) is 0 Å². The number of phenolic OH excluding ortho intramolecular Hbond substituents is 3. The van der Waals surface area contributed by atoms with E-state index in [0.717, 1.165) is 18.6 Å². The third-order valence-electron chi connectivity index (χ3n) is 5.44. The van der Waals surface area contributed by atoms with E-state index in [-0.39, 0.29) is 33.4 Å². The number of carbonyl (C=O) groups is 3. The summed E-state index contributed by atoms with van der Waals surface area (Å²) >= 11 is 0. The molecule has 0 atom stereocenters. The van der Waals surface area contributed by atoms with Crippen molar-refractivity contribution >= 4 is 68.8 Å². The van der Waals surface area contributed by atoms with Crippen LogP contribution in [0.5, 0.6) is 17.2 Å². The molecular formula is C33H39N9O9S3. The average Bonchev–Trinajstić information content (AvgIpc) is 3.12. The monoisotopic (exact) mass is 801 g/mol. The fourth-order valence-corrected chi connectivity index (χ4v) is 3.31. The standard InChI is InChI=1S/C27H21N9O6.3C2H6OS/c37-22-19(13-31-34-25(40)16-1-7-28-8-2-16)23(38)21(15-33-36-27(42)18-5-11-30-12-6-18)24(39)20(22)14-32-35-26(41)17-3-9-29-10-4-17;3*1-4(2)3/h1-15,37-39H,(H,34,40)(H,35,41)(H,36,42);3*1-2H3/b31-13+,32-14+,33-15+;;;. The molecule has 3 aromatic heterocycles. The topological polar surface area (TPSA) is 275 Å². The first-order chi connectivity index (χ1) is 25.6. The molecule has 4 rings (SSSR count). The summed E-state index contributed by atoms with van der Waals surface area (Å²) < 4.78 is 28.7. The Morgan fingerprint density at radius 1 is 0.481 bits per heavy atom. The molecule has 0 saturated carbocycles. The second-order valence-corrected chi connectivity index (χ2v) is 14.8. The van der Waals surface area contributed by atoms with Gasteiger partial charge in [-0.15, -0.1) is 0 Å². The number of phenols is 3. The number of carbonyl (C=O) groups excluding carboxylic acids is 3. The van der Waals surface area contributed by atoms with Crippen LogP contribution in [0.25, 0.3) is 0 Å². The molecule has 0 aliphatic heterocycles. The first-order valence-electron chi connectivity index (χ1n) is 14.8. The van der Waals surface area contributed by atoms with Gasteiger partial charge in [-0.25, -0.2) is 16.3 Å². The maximum atomic E-state index is 12.3. The lowest BCUT2D eigenvalue weighted by molar-refractivity contribution is 0.0947. The summed E-state index contributed by atoms with van der Waals surface area (Å²) in [6.45, 7) is 0. The number of pyridine rings is 3. The lowest BCUT2D eigenvalue weighted by Crippen LogP contribution is -2.18. The summed E-state index contributed by atoms with van der Waals surface area (Å²) in [4.78, 5) is 48.3. The quantitative estimate of drug-likeness (QED) is 0.103. The number of benzene rings is 1. The highest BCUT2D eigenvalue weighted by Crippen LogP contribution is 2.39. The van der Waals surface area contributed by atoms with Crippen LogP contribution in [0.4, 0.5) is 0 Å². The van der Waals surface area contributed by atoms with Crippen molar-refractivity contribution in [2.24, 2.45) is 15.3 Å². The van der Waals surface area contributed by atoms with Crippen molar-refractivity contribution in [2.45, 2.75) is 0 Å². The summed E-state index contributed by atoms with van der Waals surface area (Å²) in [5.74, 6) is -3.92. The molecule has 0 spiro atoms. The Kier molecular flexibility index (Phi) is 21.3. The summed E-state index contributed by atoms with van der Waals surface area (Å²) in [7, 11) is -1.83. The molecule has 54 heavy (non-hydrogen) atoms. The van der Waals surface area contributed by atoms with E-state index in [1.807, 2.05) is 0 Å². The second kappa shape index (κ2) is 25.0. The van der Waals surface area contributed by atoms with Crippen molar-refractivity contribution in [1.82, 2.24) is 31.2 Å². The number of amides is 3. The van der Waals surface area contributed by atoms with Crippen molar-refractivity contribution in [3.8, 4) is 17.2 Å². The maximum absolute atomic E-state index is 12.3. The number of rotatable bonds is 9. The Hall–Kier alpha value is -6.06. The van der Waals surface area contributed by atoms with Crippen LogP contribution in [0.2, 0.25) is 0 Å².